The topological polar surface area (TPSA) is 69.6 Å². The molecule has 1 saturated heterocycles. The maximum Gasteiger partial charge on any atom is 0.311 e. The van der Waals surface area contributed by atoms with Crippen molar-refractivity contribution in [3.05, 3.63) is 0 Å². The zero-order valence-electron chi connectivity index (χ0n) is 11.4. The molecule has 5 heteroatoms. The van der Waals surface area contributed by atoms with E-state index in [1.165, 1.54) is 0 Å². The van der Waals surface area contributed by atoms with Gasteiger partial charge in [-0.3, -0.25) is 9.59 Å². The molecular weight excluding hydrogens is 232 g/mol. The van der Waals surface area contributed by atoms with Gasteiger partial charge in [-0.1, -0.05) is 13.3 Å². The lowest BCUT2D eigenvalue weighted by atomic mass is 9.76. The molecule has 1 rings (SSSR count). The fourth-order valence-corrected chi connectivity index (χ4v) is 2.70. The predicted molar refractivity (Wildman–Crippen MR) is 69.3 cm³/mol. The Morgan fingerprint density at radius 2 is 2.17 bits per heavy atom. The van der Waals surface area contributed by atoms with Crippen molar-refractivity contribution in [3.8, 4) is 0 Å². The Morgan fingerprint density at radius 3 is 2.72 bits per heavy atom. The monoisotopic (exact) mass is 256 g/mol. The van der Waals surface area contributed by atoms with Crippen LogP contribution < -0.4 is 5.32 Å². The van der Waals surface area contributed by atoms with E-state index < -0.39 is 11.4 Å². The van der Waals surface area contributed by atoms with Gasteiger partial charge >= 0.3 is 5.97 Å². The molecule has 1 unspecified atom stereocenters. The van der Waals surface area contributed by atoms with Gasteiger partial charge in [0.15, 0.2) is 0 Å². The largest absolute Gasteiger partial charge is 0.481 e. The minimum atomic E-state index is -0.754. The lowest BCUT2D eigenvalue weighted by Gasteiger charge is -2.40. The second-order valence-corrected chi connectivity index (χ2v) is 5.11. The van der Waals surface area contributed by atoms with Gasteiger partial charge in [0.1, 0.15) is 0 Å². The molecule has 1 aliphatic heterocycles. The molecule has 2 N–H and O–H groups in total. The number of amides is 1. The number of hydrogen-bond acceptors (Lipinski definition) is 3. The SMILES string of the molecule is CCCC1(C(=O)O)CCCN(C(=O)CCNC)C1. The van der Waals surface area contributed by atoms with Crippen LogP contribution in [0.25, 0.3) is 0 Å². The molecule has 0 aromatic carbocycles. The summed E-state index contributed by atoms with van der Waals surface area (Å²) >= 11 is 0. The number of likely N-dealkylation sites (tertiary alicyclic amines) is 1. The predicted octanol–water partition coefficient (Wildman–Crippen LogP) is 1.09. The zero-order valence-corrected chi connectivity index (χ0v) is 11.4. The van der Waals surface area contributed by atoms with Gasteiger partial charge in [-0.2, -0.15) is 0 Å². The normalized spacial score (nSPS) is 24.0. The molecule has 1 heterocycles. The summed E-state index contributed by atoms with van der Waals surface area (Å²) < 4.78 is 0. The molecule has 0 aromatic heterocycles. The summed E-state index contributed by atoms with van der Waals surface area (Å²) in [5.74, 6) is -0.693. The van der Waals surface area contributed by atoms with Gasteiger partial charge in [0, 0.05) is 26.1 Å². The number of carbonyl (C=O) groups excluding carboxylic acids is 1. The molecule has 1 atom stereocenters. The van der Waals surface area contributed by atoms with Crippen LogP contribution >= 0.6 is 0 Å². The maximum atomic E-state index is 12.0. The summed E-state index contributed by atoms with van der Waals surface area (Å²) in [6, 6.07) is 0. The van der Waals surface area contributed by atoms with Crippen LogP contribution in [-0.2, 0) is 9.59 Å². The fraction of sp³-hybridized carbons (Fsp3) is 0.846. The standard InChI is InChI=1S/C13H24N2O3/c1-3-6-13(12(17)18)7-4-9-15(10-13)11(16)5-8-14-2/h14H,3-10H2,1-2H3,(H,17,18). The second-order valence-electron chi connectivity index (χ2n) is 5.11. The average Bonchev–Trinajstić information content (AvgIpc) is 2.36. The van der Waals surface area contributed by atoms with Crippen LogP contribution in [0, 0.1) is 5.41 Å². The molecule has 104 valence electrons. The highest BCUT2D eigenvalue weighted by Crippen LogP contribution is 2.35. The van der Waals surface area contributed by atoms with Crippen molar-refractivity contribution in [3.63, 3.8) is 0 Å². The van der Waals surface area contributed by atoms with E-state index in [9.17, 15) is 14.7 Å². The number of rotatable bonds is 6. The first-order valence-electron chi connectivity index (χ1n) is 6.71. The summed E-state index contributed by atoms with van der Waals surface area (Å²) in [7, 11) is 1.81. The molecule has 5 nitrogen and oxygen atoms in total. The van der Waals surface area contributed by atoms with Crippen molar-refractivity contribution in [1.82, 2.24) is 10.2 Å². The van der Waals surface area contributed by atoms with Gasteiger partial charge in [0.25, 0.3) is 0 Å². The van der Waals surface area contributed by atoms with Crippen LogP contribution in [0.1, 0.15) is 39.0 Å². The third-order valence-electron chi connectivity index (χ3n) is 3.70. The highest BCUT2D eigenvalue weighted by molar-refractivity contribution is 5.79. The molecule has 0 saturated carbocycles. The van der Waals surface area contributed by atoms with Gasteiger partial charge in [-0.25, -0.2) is 0 Å². The Balaban J connectivity index is 2.68. The summed E-state index contributed by atoms with van der Waals surface area (Å²) in [5, 5.41) is 12.4. The molecule has 1 aliphatic rings. The Hall–Kier alpha value is -1.10. The van der Waals surface area contributed by atoms with E-state index in [0.717, 1.165) is 12.8 Å². The number of nitrogens with zero attached hydrogens (tertiary/aromatic N) is 1. The first-order chi connectivity index (χ1) is 8.55. The third-order valence-corrected chi connectivity index (χ3v) is 3.70. The first-order valence-corrected chi connectivity index (χ1v) is 6.71. The van der Waals surface area contributed by atoms with Crippen molar-refractivity contribution >= 4 is 11.9 Å². The highest BCUT2D eigenvalue weighted by Gasteiger charge is 2.42. The van der Waals surface area contributed by atoms with Crippen LogP contribution in [0.15, 0.2) is 0 Å². The van der Waals surface area contributed by atoms with E-state index in [1.54, 1.807) is 4.90 Å². The van der Waals surface area contributed by atoms with Crippen LogP contribution in [0.2, 0.25) is 0 Å². The molecule has 0 radical (unpaired) electrons. The van der Waals surface area contributed by atoms with E-state index >= 15 is 0 Å². The molecule has 0 aromatic rings. The molecule has 0 spiro atoms. The van der Waals surface area contributed by atoms with E-state index in [2.05, 4.69) is 5.32 Å². The van der Waals surface area contributed by atoms with E-state index in [0.29, 0.717) is 38.9 Å². The number of nitrogens with one attached hydrogen (secondary N) is 1. The van der Waals surface area contributed by atoms with E-state index in [1.807, 2.05) is 14.0 Å². The summed E-state index contributed by atoms with van der Waals surface area (Å²) in [4.78, 5) is 25.2. The van der Waals surface area contributed by atoms with Crippen molar-refractivity contribution in [1.29, 1.82) is 0 Å². The quantitative estimate of drug-likeness (QED) is 0.746. The van der Waals surface area contributed by atoms with Crippen LogP contribution in [0.3, 0.4) is 0 Å². The zero-order chi connectivity index (χ0) is 13.6. The molecule has 1 fully saturated rings. The van der Waals surface area contributed by atoms with Gasteiger partial charge < -0.3 is 15.3 Å². The van der Waals surface area contributed by atoms with Gasteiger partial charge in [0.05, 0.1) is 5.41 Å². The second kappa shape index (κ2) is 6.73. The maximum absolute atomic E-state index is 12.0. The number of hydrogen-bond donors (Lipinski definition) is 2. The van der Waals surface area contributed by atoms with Gasteiger partial charge in [0.2, 0.25) is 5.91 Å². The Bertz CT molecular complexity index is 303. The molecule has 0 aliphatic carbocycles. The number of piperidine rings is 1. The minimum absolute atomic E-state index is 0.0609. The lowest BCUT2D eigenvalue weighted by molar-refractivity contribution is -0.155. The lowest BCUT2D eigenvalue weighted by Crippen LogP contribution is -2.50. The molecular formula is C13H24N2O3. The van der Waals surface area contributed by atoms with Crippen molar-refractivity contribution in [2.45, 2.75) is 39.0 Å². The van der Waals surface area contributed by atoms with Crippen molar-refractivity contribution < 1.29 is 14.7 Å². The molecule has 1 amide bonds. The number of aliphatic carboxylic acids is 1. The molecule has 0 bridgehead atoms. The molecule has 18 heavy (non-hydrogen) atoms. The van der Waals surface area contributed by atoms with Gasteiger partial charge in [-0.15, -0.1) is 0 Å². The van der Waals surface area contributed by atoms with Crippen LogP contribution in [0.5, 0.6) is 0 Å². The average molecular weight is 256 g/mol. The fourth-order valence-electron chi connectivity index (χ4n) is 2.70. The van der Waals surface area contributed by atoms with Crippen LogP contribution in [-0.4, -0.2) is 48.6 Å². The van der Waals surface area contributed by atoms with Gasteiger partial charge in [-0.05, 0) is 26.3 Å². The van der Waals surface area contributed by atoms with Crippen molar-refractivity contribution in [2.24, 2.45) is 5.41 Å². The number of carbonyl (C=O) groups is 2. The smallest absolute Gasteiger partial charge is 0.311 e. The number of carboxylic acid groups (broad SMARTS) is 1. The Morgan fingerprint density at radius 1 is 1.44 bits per heavy atom. The van der Waals surface area contributed by atoms with E-state index in [-0.39, 0.29) is 5.91 Å². The summed E-state index contributed by atoms with van der Waals surface area (Å²) in [5.41, 5.74) is -0.720. The Labute approximate surface area is 109 Å². The van der Waals surface area contributed by atoms with E-state index in [4.69, 9.17) is 0 Å². The third kappa shape index (κ3) is 3.45. The van der Waals surface area contributed by atoms with Crippen molar-refractivity contribution in [2.75, 3.05) is 26.7 Å². The minimum Gasteiger partial charge on any atom is -0.481 e. The summed E-state index contributed by atoms with van der Waals surface area (Å²) in [6.07, 6.45) is 3.41. The first kappa shape index (κ1) is 15.0. The summed E-state index contributed by atoms with van der Waals surface area (Å²) in [6.45, 7) is 3.70. The Kier molecular flexibility index (Phi) is 5.59. The number of carboxylic acids is 1. The van der Waals surface area contributed by atoms with Crippen LogP contribution in [0.4, 0.5) is 0 Å². The highest BCUT2D eigenvalue weighted by atomic mass is 16.4.